The fourth-order valence-corrected chi connectivity index (χ4v) is 6.35. The second kappa shape index (κ2) is 10.6. The largest absolute Gasteiger partial charge is 0.310 e. The summed E-state index contributed by atoms with van der Waals surface area (Å²) >= 11 is 0. The minimum atomic E-state index is 1.14. The number of hydrogen-bond donors (Lipinski definition) is 0. The first-order valence-corrected chi connectivity index (χ1v) is 14.8. The van der Waals surface area contributed by atoms with Gasteiger partial charge in [-0.3, -0.25) is 0 Å². The third kappa shape index (κ3) is 4.52. The van der Waals surface area contributed by atoms with Crippen LogP contribution in [0.15, 0.2) is 176 Å². The molecular weight excluding hydrogens is 518 g/mol. The van der Waals surface area contributed by atoms with Gasteiger partial charge in [0, 0.05) is 17.1 Å². The molecule has 0 saturated carbocycles. The van der Waals surface area contributed by atoms with E-state index in [2.05, 4.69) is 181 Å². The molecule has 0 fully saturated rings. The average Bonchev–Trinajstić information content (AvgIpc) is 3.10. The van der Waals surface area contributed by atoms with Crippen LogP contribution in [0.25, 0.3) is 54.6 Å². The molecule has 0 saturated heterocycles. The Morgan fingerprint density at radius 3 is 1.07 bits per heavy atom. The molecule has 1 heteroatoms. The highest BCUT2D eigenvalue weighted by Crippen LogP contribution is 2.42. The summed E-state index contributed by atoms with van der Waals surface area (Å²) in [6.45, 7) is 0. The summed E-state index contributed by atoms with van der Waals surface area (Å²) in [5.41, 5.74) is 8.33. The maximum absolute atomic E-state index is 2.38. The van der Waals surface area contributed by atoms with Crippen LogP contribution in [0.2, 0.25) is 0 Å². The lowest BCUT2D eigenvalue weighted by atomic mass is 9.90. The van der Waals surface area contributed by atoms with Crippen LogP contribution in [0.5, 0.6) is 0 Å². The van der Waals surface area contributed by atoms with Crippen molar-refractivity contribution in [1.82, 2.24) is 0 Å². The van der Waals surface area contributed by atoms with Crippen molar-refractivity contribution in [2.75, 3.05) is 4.90 Å². The van der Waals surface area contributed by atoms with Gasteiger partial charge in [0.2, 0.25) is 0 Å². The molecule has 0 spiro atoms. The Morgan fingerprint density at radius 2 is 0.605 bits per heavy atom. The first-order chi connectivity index (χ1) is 21.3. The second-order valence-electron chi connectivity index (χ2n) is 11.0. The molecule has 0 N–H and O–H groups in total. The zero-order chi connectivity index (χ0) is 28.6. The minimum absolute atomic E-state index is 1.14. The molecule has 43 heavy (non-hydrogen) atoms. The van der Waals surface area contributed by atoms with Crippen molar-refractivity contribution in [2.45, 2.75) is 0 Å². The molecule has 8 aromatic carbocycles. The van der Waals surface area contributed by atoms with Crippen LogP contribution >= 0.6 is 0 Å². The lowest BCUT2D eigenvalue weighted by molar-refractivity contribution is 1.29. The third-order valence-electron chi connectivity index (χ3n) is 8.41. The molecule has 0 aliphatic carbocycles. The Kier molecular flexibility index (Phi) is 6.20. The fraction of sp³-hybridized carbons (Fsp3) is 0. The average molecular weight is 548 g/mol. The highest BCUT2D eigenvalue weighted by Gasteiger charge is 2.16. The van der Waals surface area contributed by atoms with E-state index in [1.165, 1.54) is 54.6 Å². The molecule has 0 bridgehead atoms. The van der Waals surface area contributed by atoms with Gasteiger partial charge in [-0.25, -0.2) is 0 Å². The van der Waals surface area contributed by atoms with Gasteiger partial charge in [-0.05, 0) is 103 Å². The summed E-state index contributed by atoms with van der Waals surface area (Å²) in [5.74, 6) is 0. The van der Waals surface area contributed by atoms with Gasteiger partial charge in [0.15, 0.2) is 0 Å². The quantitative estimate of drug-likeness (QED) is 0.194. The van der Waals surface area contributed by atoms with Crippen LogP contribution < -0.4 is 4.90 Å². The maximum Gasteiger partial charge on any atom is 0.0468 e. The predicted molar refractivity (Wildman–Crippen MR) is 185 cm³/mol. The molecule has 8 rings (SSSR count). The van der Waals surface area contributed by atoms with Crippen molar-refractivity contribution in [1.29, 1.82) is 0 Å². The fourth-order valence-electron chi connectivity index (χ4n) is 6.35. The number of benzene rings is 8. The SMILES string of the molecule is c1ccc(-c2ccc3c4ccc(N(c5ccccc5)c5ccccc5)cc4c4ccc(-c5ccccc5)cc4c3c2)cc1. The highest BCUT2D eigenvalue weighted by atomic mass is 15.1. The van der Waals surface area contributed by atoms with E-state index in [4.69, 9.17) is 0 Å². The predicted octanol–water partition coefficient (Wildman–Crippen LogP) is 11.9. The van der Waals surface area contributed by atoms with E-state index in [0.717, 1.165) is 17.1 Å². The summed E-state index contributed by atoms with van der Waals surface area (Å²) in [6, 6.07) is 63.4. The number of hydrogen-bond acceptors (Lipinski definition) is 1. The summed E-state index contributed by atoms with van der Waals surface area (Å²) in [6.07, 6.45) is 0. The smallest absolute Gasteiger partial charge is 0.0468 e. The van der Waals surface area contributed by atoms with E-state index in [-0.39, 0.29) is 0 Å². The van der Waals surface area contributed by atoms with Crippen molar-refractivity contribution in [3.63, 3.8) is 0 Å². The van der Waals surface area contributed by atoms with Gasteiger partial charge >= 0.3 is 0 Å². The Morgan fingerprint density at radius 1 is 0.233 bits per heavy atom. The first-order valence-electron chi connectivity index (χ1n) is 14.8. The monoisotopic (exact) mass is 547 g/mol. The van der Waals surface area contributed by atoms with Gasteiger partial charge in [-0.15, -0.1) is 0 Å². The molecule has 0 aliphatic rings. The minimum Gasteiger partial charge on any atom is -0.310 e. The second-order valence-corrected chi connectivity index (χ2v) is 11.0. The molecule has 0 atom stereocenters. The van der Waals surface area contributed by atoms with Gasteiger partial charge in [-0.2, -0.15) is 0 Å². The summed E-state index contributed by atoms with van der Waals surface area (Å²) in [7, 11) is 0. The maximum atomic E-state index is 2.38. The highest BCUT2D eigenvalue weighted by molar-refractivity contribution is 6.26. The molecule has 0 aromatic heterocycles. The van der Waals surface area contributed by atoms with E-state index in [9.17, 15) is 0 Å². The number of para-hydroxylation sites is 2. The molecule has 0 unspecified atom stereocenters. The van der Waals surface area contributed by atoms with E-state index in [0.29, 0.717) is 0 Å². The lowest BCUT2D eigenvalue weighted by Gasteiger charge is -2.26. The number of rotatable bonds is 5. The Labute approximate surface area is 251 Å². The van der Waals surface area contributed by atoms with Crippen molar-refractivity contribution < 1.29 is 0 Å². The van der Waals surface area contributed by atoms with E-state index in [1.807, 2.05) is 0 Å². The van der Waals surface area contributed by atoms with Gasteiger partial charge in [0.05, 0.1) is 0 Å². The van der Waals surface area contributed by atoms with Crippen molar-refractivity contribution in [2.24, 2.45) is 0 Å². The summed E-state index contributed by atoms with van der Waals surface area (Å²) in [5, 5.41) is 7.59. The van der Waals surface area contributed by atoms with Crippen LogP contribution in [-0.2, 0) is 0 Å². The van der Waals surface area contributed by atoms with Crippen LogP contribution in [0.4, 0.5) is 17.1 Å². The number of fused-ring (bicyclic) bond motifs is 6. The molecule has 0 aliphatic heterocycles. The van der Waals surface area contributed by atoms with E-state index in [1.54, 1.807) is 0 Å². The van der Waals surface area contributed by atoms with E-state index < -0.39 is 0 Å². The summed E-state index contributed by atoms with van der Waals surface area (Å²) < 4.78 is 0. The number of anilines is 3. The molecule has 0 heterocycles. The van der Waals surface area contributed by atoms with Crippen molar-refractivity contribution >= 4 is 49.4 Å². The molecule has 0 amide bonds. The van der Waals surface area contributed by atoms with Crippen LogP contribution in [-0.4, -0.2) is 0 Å². The van der Waals surface area contributed by atoms with Crippen molar-refractivity contribution in [3.8, 4) is 22.3 Å². The normalized spacial score (nSPS) is 11.3. The molecule has 1 nitrogen and oxygen atoms in total. The van der Waals surface area contributed by atoms with Gasteiger partial charge in [-0.1, -0.05) is 127 Å². The van der Waals surface area contributed by atoms with Gasteiger partial charge in [0.1, 0.15) is 0 Å². The van der Waals surface area contributed by atoms with Crippen LogP contribution in [0, 0.1) is 0 Å². The molecule has 0 radical (unpaired) electrons. The molecular formula is C42H29N. The first kappa shape index (κ1) is 25.1. The summed E-state index contributed by atoms with van der Waals surface area (Å²) in [4.78, 5) is 2.34. The Balaban J connectivity index is 1.42. The van der Waals surface area contributed by atoms with Gasteiger partial charge in [0.25, 0.3) is 0 Å². The molecule has 8 aromatic rings. The standard InChI is InChI=1S/C42H29N/c1-5-13-30(14-6-1)32-21-24-37-38-26-23-36(43(34-17-9-3-10-18-34)35-19-11-4-12-20-35)29-42(38)39-25-22-33(28-41(39)40(37)27-32)31-15-7-2-8-16-31/h1-29H. The zero-order valence-corrected chi connectivity index (χ0v) is 23.7. The number of nitrogens with zero attached hydrogens (tertiary/aromatic N) is 1. The third-order valence-corrected chi connectivity index (χ3v) is 8.41. The zero-order valence-electron chi connectivity index (χ0n) is 23.7. The Hall–Kier alpha value is -5.66. The van der Waals surface area contributed by atoms with E-state index >= 15 is 0 Å². The van der Waals surface area contributed by atoms with Crippen molar-refractivity contribution in [3.05, 3.63) is 176 Å². The topological polar surface area (TPSA) is 3.24 Å². The van der Waals surface area contributed by atoms with Gasteiger partial charge < -0.3 is 4.90 Å². The molecule has 202 valence electrons. The van der Waals surface area contributed by atoms with Crippen LogP contribution in [0.1, 0.15) is 0 Å². The van der Waals surface area contributed by atoms with Crippen LogP contribution in [0.3, 0.4) is 0 Å². The lowest BCUT2D eigenvalue weighted by Crippen LogP contribution is -2.09. The Bertz CT molecular complexity index is 2160.